The highest BCUT2D eigenvalue weighted by Crippen LogP contribution is 2.48. The maximum atomic E-state index is 13.7. The fourth-order valence-corrected chi connectivity index (χ4v) is 7.31. The summed E-state index contributed by atoms with van der Waals surface area (Å²) in [5, 5.41) is 6.80. The maximum Gasteiger partial charge on any atom is 0.426 e. The summed E-state index contributed by atoms with van der Waals surface area (Å²) in [5.74, 6) is -1.06. The van der Waals surface area contributed by atoms with E-state index in [1.165, 1.54) is 36.2 Å². The van der Waals surface area contributed by atoms with Crippen LogP contribution in [0.5, 0.6) is 0 Å². The van der Waals surface area contributed by atoms with Gasteiger partial charge in [0, 0.05) is 49.5 Å². The number of hydrogen-bond donors (Lipinski definition) is 3. The van der Waals surface area contributed by atoms with Crippen LogP contribution in [0, 0.1) is 0 Å². The van der Waals surface area contributed by atoms with Crippen LogP contribution in [-0.2, 0) is 26.5 Å². The zero-order valence-electron chi connectivity index (χ0n) is 30.1. The minimum absolute atomic E-state index is 0.0212. The van der Waals surface area contributed by atoms with Crippen LogP contribution in [0.25, 0.3) is 12.2 Å². The lowest BCUT2D eigenvalue weighted by atomic mass is 10.0. The van der Waals surface area contributed by atoms with Crippen LogP contribution >= 0.6 is 0 Å². The van der Waals surface area contributed by atoms with Crippen LogP contribution in [0.3, 0.4) is 0 Å². The van der Waals surface area contributed by atoms with Crippen molar-refractivity contribution in [3.05, 3.63) is 125 Å². The molecule has 4 heterocycles. The Labute approximate surface area is 316 Å². The molecule has 11 nitrogen and oxygen atoms in total. The van der Waals surface area contributed by atoms with E-state index in [1.807, 2.05) is 54.6 Å². The summed E-state index contributed by atoms with van der Waals surface area (Å²) in [7, 11) is 1.30. The van der Waals surface area contributed by atoms with Gasteiger partial charge in [-0.05, 0) is 90.4 Å². The van der Waals surface area contributed by atoms with E-state index in [9.17, 15) is 32.3 Å². The first-order chi connectivity index (χ1) is 26.4. The van der Waals surface area contributed by atoms with Crippen molar-refractivity contribution in [3.63, 3.8) is 0 Å². The monoisotopic (exact) mass is 751 g/mol. The zero-order valence-corrected chi connectivity index (χ0v) is 30.1. The largest absolute Gasteiger partial charge is 0.426 e. The van der Waals surface area contributed by atoms with E-state index in [-0.39, 0.29) is 35.3 Å². The molecule has 2 unspecified atom stereocenters. The number of halogens is 3. The standard InChI is InChI=1S/C41H40F3N7O4/c1-49-40(48-49,41(42,43)44)31-16-14-30(15-17-31)39(55)51-24-4-7-35(51)38(54)47-33-20-12-28(13-21-33)9-8-27-10-18-32(19-11-27)46-37(53)34-6-3-23-50(34)36(52)25-29-5-2-22-45-26-29/h2,5,8-22,26,34-35,48H,3-4,6-7,23-25H2,1H3,(H,46,53)(H,47,54)/b9-8+/t34-,35-,40?,49?/m0/s1. The zero-order chi connectivity index (χ0) is 38.7. The highest BCUT2D eigenvalue weighted by atomic mass is 19.4. The van der Waals surface area contributed by atoms with Crippen molar-refractivity contribution in [1.29, 1.82) is 0 Å². The first-order valence-electron chi connectivity index (χ1n) is 18.1. The molecule has 55 heavy (non-hydrogen) atoms. The fourth-order valence-electron chi connectivity index (χ4n) is 7.31. The summed E-state index contributed by atoms with van der Waals surface area (Å²) in [6.45, 7) is 0.905. The Bertz CT molecular complexity index is 2080. The first kappa shape index (κ1) is 37.5. The highest BCUT2D eigenvalue weighted by molar-refractivity contribution is 6.02. The van der Waals surface area contributed by atoms with Gasteiger partial charge in [0.25, 0.3) is 5.91 Å². The van der Waals surface area contributed by atoms with E-state index in [2.05, 4.69) is 21.0 Å². The average molecular weight is 752 g/mol. The molecule has 284 valence electrons. The molecular weight excluding hydrogens is 711 g/mol. The molecule has 1 aromatic heterocycles. The van der Waals surface area contributed by atoms with E-state index in [0.29, 0.717) is 43.7 Å². The number of amides is 4. The molecule has 0 saturated carbocycles. The van der Waals surface area contributed by atoms with Crippen LogP contribution in [0.15, 0.2) is 97.3 Å². The van der Waals surface area contributed by atoms with Crippen molar-refractivity contribution in [2.45, 2.75) is 56.0 Å². The molecule has 0 bridgehead atoms. The fraction of sp³-hybridized carbons (Fsp3) is 0.293. The van der Waals surface area contributed by atoms with Gasteiger partial charge in [-0.3, -0.25) is 24.2 Å². The highest BCUT2D eigenvalue weighted by Gasteiger charge is 2.69. The Morgan fingerprint density at radius 1 is 0.800 bits per heavy atom. The van der Waals surface area contributed by atoms with Crippen molar-refractivity contribution in [3.8, 4) is 0 Å². The van der Waals surface area contributed by atoms with E-state index in [1.54, 1.807) is 35.5 Å². The van der Waals surface area contributed by atoms with Crippen molar-refractivity contribution in [2.24, 2.45) is 0 Å². The number of carbonyl (C=O) groups excluding carboxylic acids is 4. The minimum atomic E-state index is -4.54. The number of pyridine rings is 1. The molecular formula is C41H40F3N7O4. The Kier molecular flexibility index (Phi) is 10.5. The van der Waals surface area contributed by atoms with E-state index < -0.39 is 29.8 Å². The Balaban J connectivity index is 0.901. The third-order valence-electron chi connectivity index (χ3n) is 10.3. The molecule has 7 rings (SSSR count). The molecule has 3 aliphatic rings. The van der Waals surface area contributed by atoms with Gasteiger partial charge in [0.15, 0.2) is 0 Å². The van der Waals surface area contributed by atoms with Gasteiger partial charge in [0.2, 0.25) is 23.4 Å². The molecule has 0 spiro atoms. The quantitative estimate of drug-likeness (QED) is 0.137. The number of anilines is 2. The van der Waals surface area contributed by atoms with Gasteiger partial charge in [0.1, 0.15) is 12.1 Å². The average Bonchev–Trinajstić information content (AvgIpc) is 3.50. The number of likely N-dealkylation sites (tertiary alicyclic amines) is 2. The molecule has 4 amide bonds. The topological polar surface area (TPSA) is 137 Å². The molecule has 3 saturated heterocycles. The van der Waals surface area contributed by atoms with Gasteiger partial charge < -0.3 is 20.4 Å². The predicted octanol–water partition coefficient (Wildman–Crippen LogP) is 5.83. The van der Waals surface area contributed by atoms with Gasteiger partial charge >= 0.3 is 6.18 Å². The maximum absolute atomic E-state index is 13.7. The third-order valence-corrected chi connectivity index (χ3v) is 10.3. The van der Waals surface area contributed by atoms with Crippen LogP contribution in [-0.4, -0.2) is 81.8 Å². The number of carbonyl (C=O) groups is 4. The SMILES string of the molecule is CN1NC1(c1ccc(C(=O)N2CCC[C@H]2C(=O)Nc2ccc(/C=C/c3ccc(NC(=O)[C@@H]4CCCN4C(=O)Cc4cccnc4)cc3)cc2)cc1)C(F)(F)F. The molecule has 4 aromatic rings. The van der Waals surface area contributed by atoms with E-state index in [0.717, 1.165) is 28.1 Å². The summed E-state index contributed by atoms with van der Waals surface area (Å²) in [6.07, 6.45) is 5.28. The summed E-state index contributed by atoms with van der Waals surface area (Å²) >= 11 is 0. The van der Waals surface area contributed by atoms with Crippen LogP contribution in [0.4, 0.5) is 24.5 Å². The number of nitrogens with one attached hydrogen (secondary N) is 3. The number of rotatable bonds is 10. The lowest BCUT2D eigenvalue weighted by Gasteiger charge is -2.24. The first-order valence-corrected chi connectivity index (χ1v) is 18.1. The summed E-state index contributed by atoms with van der Waals surface area (Å²) in [4.78, 5) is 59.8. The second-order valence-corrected chi connectivity index (χ2v) is 14.0. The second kappa shape index (κ2) is 15.5. The smallest absolute Gasteiger partial charge is 0.330 e. The lowest BCUT2D eigenvalue weighted by molar-refractivity contribution is -0.174. The van der Waals surface area contributed by atoms with Gasteiger partial charge in [-0.15, -0.1) is 0 Å². The molecule has 3 aliphatic heterocycles. The minimum Gasteiger partial charge on any atom is -0.330 e. The van der Waals surface area contributed by atoms with Crippen molar-refractivity contribution in [1.82, 2.24) is 25.2 Å². The van der Waals surface area contributed by atoms with Crippen molar-refractivity contribution in [2.75, 3.05) is 30.8 Å². The van der Waals surface area contributed by atoms with Gasteiger partial charge in [-0.1, -0.05) is 54.6 Å². The summed E-state index contributed by atoms with van der Waals surface area (Å²) in [5.41, 5.74) is 4.03. The Hall–Kier alpha value is -5.86. The Morgan fingerprint density at radius 2 is 1.33 bits per heavy atom. The Morgan fingerprint density at radius 3 is 1.82 bits per heavy atom. The number of nitrogens with zero attached hydrogens (tertiary/aromatic N) is 4. The van der Waals surface area contributed by atoms with E-state index in [4.69, 9.17) is 0 Å². The van der Waals surface area contributed by atoms with E-state index >= 15 is 0 Å². The van der Waals surface area contributed by atoms with Crippen LogP contribution in [0.2, 0.25) is 0 Å². The van der Waals surface area contributed by atoms with Crippen LogP contribution in [0.1, 0.15) is 58.3 Å². The van der Waals surface area contributed by atoms with Crippen LogP contribution < -0.4 is 16.1 Å². The molecule has 3 fully saturated rings. The molecule has 14 heteroatoms. The molecule has 0 aliphatic carbocycles. The molecule has 4 atom stereocenters. The molecule has 3 N–H and O–H groups in total. The lowest BCUT2D eigenvalue weighted by Crippen LogP contribution is -2.43. The predicted molar refractivity (Wildman–Crippen MR) is 201 cm³/mol. The summed E-state index contributed by atoms with van der Waals surface area (Å²) < 4.78 is 41.1. The molecule has 3 aromatic carbocycles. The molecule has 0 radical (unpaired) electrons. The number of alkyl halides is 3. The number of aromatic nitrogens is 1. The number of hydrazine groups is 1. The van der Waals surface area contributed by atoms with Crippen molar-refractivity contribution >= 4 is 47.2 Å². The number of hydrogen-bond acceptors (Lipinski definition) is 7. The second-order valence-electron chi connectivity index (χ2n) is 14.0. The normalized spacial score (nSPS) is 22.1. The van der Waals surface area contributed by atoms with Gasteiger partial charge in [0.05, 0.1) is 6.42 Å². The third kappa shape index (κ3) is 8.01. The summed E-state index contributed by atoms with van der Waals surface area (Å²) in [6, 6.07) is 22.3. The van der Waals surface area contributed by atoms with Gasteiger partial charge in [-0.2, -0.15) is 13.2 Å². The van der Waals surface area contributed by atoms with Gasteiger partial charge in [-0.25, -0.2) is 10.4 Å². The number of benzene rings is 3. The van der Waals surface area contributed by atoms with Crippen molar-refractivity contribution < 1.29 is 32.3 Å².